The first-order valence-corrected chi connectivity index (χ1v) is 7.60. The second-order valence-corrected chi connectivity index (χ2v) is 6.16. The highest BCUT2D eigenvalue weighted by Gasteiger charge is 2.19. The average Bonchev–Trinajstić information content (AvgIpc) is 2.90. The molecule has 0 saturated carbocycles. The molecule has 0 radical (unpaired) electrons. The topological polar surface area (TPSA) is 20.3 Å². The van der Waals surface area contributed by atoms with Gasteiger partial charge in [0.15, 0.2) is 5.78 Å². The van der Waals surface area contributed by atoms with E-state index in [-0.39, 0.29) is 23.9 Å². The van der Waals surface area contributed by atoms with Crippen LogP contribution in [0.25, 0.3) is 0 Å². The van der Waals surface area contributed by atoms with Gasteiger partial charge in [-0.25, -0.2) is 8.78 Å². The summed E-state index contributed by atoms with van der Waals surface area (Å²) in [6.07, 6.45) is 0. The minimum absolute atomic E-state index is 0.0618. The summed E-state index contributed by atoms with van der Waals surface area (Å²) >= 11 is 1.62. The number of ketones is 1. The predicted molar refractivity (Wildman–Crippen MR) is 80.6 cm³/mol. The Morgan fingerprint density at radius 3 is 2.62 bits per heavy atom. The lowest BCUT2D eigenvalue weighted by Gasteiger charge is -2.25. The zero-order valence-electron chi connectivity index (χ0n) is 12.0. The van der Waals surface area contributed by atoms with Crippen LogP contribution in [0.3, 0.4) is 0 Å². The first-order valence-electron chi connectivity index (χ1n) is 6.72. The molecule has 21 heavy (non-hydrogen) atoms. The number of halogens is 2. The zero-order chi connectivity index (χ0) is 15.4. The summed E-state index contributed by atoms with van der Waals surface area (Å²) in [6.45, 7) is 4.73. The lowest BCUT2D eigenvalue weighted by molar-refractivity contribution is 0.0895. The largest absolute Gasteiger partial charge is 0.293 e. The van der Waals surface area contributed by atoms with Crippen LogP contribution in [-0.2, 0) is 6.54 Å². The molecule has 112 valence electrons. The highest BCUT2D eigenvalue weighted by atomic mass is 32.1. The summed E-state index contributed by atoms with van der Waals surface area (Å²) in [7, 11) is 0. The molecule has 0 unspecified atom stereocenters. The Morgan fingerprint density at radius 2 is 2.05 bits per heavy atom. The summed E-state index contributed by atoms with van der Waals surface area (Å²) in [5.41, 5.74) is -0.0618. The van der Waals surface area contributed by atoms with Crippen molar-refractivity contribution in [3.8, 4) is 0 Å². The molecule has 0 bridgehead atoms. The normalized spacial score (nSPS) is 11.3. The highest BCUT2D eigenvalue weighted by Crippen LogP contribution is 2.16. The number of rotatable bonds is 6. The van der Waals surface area contributed by atoms with Crippen LogP contribution in [0.15, 0.2) is 35.7 Å². The van der Waals surface area contributed by atoms with E-state index in [0.29, 0.717) is 6.54 Å². The number of hydrogen-bond acceptors (Lipinski definition) is 3. The van der Waals surface area contributed by atoms with E-state index in [1.54, 1.807) is 11.3 Å². The summed E-state index contributed by atoms with van der Waals surface area (Å²) in [4.78, 5) is 15.3. The average molecular weight is 309 g/mol. The van der Waals surface area contributed by atoms with Crippen LogP contribution < -0.4 is 0 Å². The van der Waals surface area contributed by atoms with Crippen molar-refractivity contribution in [2.75, 3.05) is 6.54 Å². The van der Waals surface area contributed by atoms with Gasteiger partial charge in [0.25, 0.3) is 0 Å². The molecule has 0 saturated heterocycles. The Morgan fingerprint density at radius 1 is 1.29 bits per heavy atom. The molecule has 2 rings (SSSR count). The Balaban J connectivity index is 2.11. The summed E-state index contributed by atoms with van der Waals surface area (Å²) < 4.78 is 26.5. The summed E-state index contributed by atoms with van der Waals surface area (Å²) in [6, 6.07) is 7.17. The number of Topliss-reactive ketones (excluding diaryl/α,β-unsaturated/α-hetero) is 1. The molecule has 1 aromatic heterocycles. The quantitative estimate of drug-likeness (QED) is 0.748. The molecule has 0 spiro atoms. The van der Waals surface area contributed by atoms with Crippen molar-refractivity contribution >= 4 is 17.1 Å². The maximum absolute atomic E-state index is 13.7. The fraction of sp³-hybridized carbons (Fsp3) is 0.312. The fourth-order valence-electron chi connectivity index (χ4n) is 2.01. The van der Waals surface area contributed by atoms with Gasteiger partial charge < -0.3 is 0 Å². The van der Waals surface area contributed by atoms with E-state index in [1.165, 1.54) is 6.07 Å². The van der Waals surface area contributed by atoms with Gasteiger partial charge in [0.1, 0.15) is 11.6 Å². The molecule has 2 nitrogen and oxygen atoms in total. The molecule has 2 aromatic rings. The minimum Gasteiger partial charge on any atom is -0.293 e. The van der Waals surface area contributed by atoms with Gasteiger partial charge in [-0.3, -0.25) is 9.69 Å². The van der Waals surface area contributed by atoms with Crippen LogP contribution in [0.4, 0.5) is 8.78 Å². The maximum atomic E-state index is 13.7. The fourth-order valence-corrected chi connectivity index (χ4v) is 2.74. The maximum Gasteiger partial charge on any atom is 0.179 e. The molecule has 0 aliphatic rings. The molecular formula is C16H17F2NOS. The van der Waals surface area contributed by atoms with Crippen LogP contribution in [0.5, 0.6) is 0 Å². The van der Waals surface area contributed by atoms with Gasteiger partial charge >= 0.3 is 0 Å². The van der Waals surface area contributed by atoms with E-state index < -0.39 is 11.6 Å². The molecule has 0 N–H and O–H groups in total. The van der Waals surface area contributed by atoms with Crippen molar-refractivity contribution in [3.63, 3.8) is 0 Å². The molecule has 0 atom stereocenters. The third kappa shape index (κ3) is 4.19. The molecule has 0 fully saturated rings. The number of hydrogen-bond donors (Lipinski definition) is 0. The second-order valence-electron chi connectivity index (χ2n) is 5.13. The third-order valence-electron chi connectivity index (χ3n) is 3.25. The van der Waals surface area contributed by atoms with Crippen molar-refractivity contribution in [1.82, 2.24) is 4.90 Å². The predicted octanol–water partition coefficient (Wildman–Crippen LogP) is 4.12. The minimum atomic E-state index is -0.806. The first-order chi connectivity index (χ1) is 9.97. The summed E-state index contributed by atoms with van der Waals surface area (Å²) in [5, 5.41) is 1.98. The van der Waals surface area contributed by atoms with Crippen LogP contribution >= 0.6 is 11.3 Å². The summed E-state index contributed by atoms with van der Waals surface area (Å²) in [5.74, 6) is -1.82. The molecular weight excluding hydrogens is 292 g/mol. The van der Waals surface area contributed by atoms with Gasteiger partial charge in [0.05, 0.1) is 12.1 Å². The Labute approximate surface area is 127 Å². The Hall–Kier alpha value is -1.59. The van der Waals surface area contributed by atoms with Crippen LogP contribution in [0, 0.1) is 11.6 Å². The number of carbonyl (C=O) groups excluding carboxylic acids is 1. The van der Waals surface area contributed by atoms with E-state index >= 15 is 0 Å². The van der Waals surface area contributed by atoms with Gasteiger partial charge in [0.2, 0.25) is 0 Å². The van der Waals surface area contributed by atoms with Crippen molar-refractivity contribution in [3.05, 3.63) is 57.8 Å². The van der Waals surface area contributed by atoms with Crippen molar-refractivity contribution < 1.29 is 13.6 Å². The van der Waals surface area contributed by atoms with Gasteiger partial charge in [-0.05, 0) is 37.4 Å². The van der Waals surface area contributed by atoms with E-state index in [2.05, 4.69) is 0 Å². The lowest BCUT2D eigenvalue weighted by Crippen LogP contribution is -2.35. The Kier molecular flexibility index (Phi) is 5.20. The van der Waals surface area contributed by atoms with Crippen molar-refractivity contribution in [2.45, 2.75) is 26.4 Å². The standard InChI is InChI=1S/C16H17F2NOS/c1-11(2)19(9-13-4-3-7-21-13)10-16(20)14-6-5-12(17)8-15(14)18/h3-8,11H,9-10H2,1-2H3. The molecule has 1 heterocycles. The van der Waals surface area contributed by atoms with Crippen LogP contribution in [0.1, 0.15) is 29.1 Å². The molecule has 5 heteroatoms. The van der Waals surface area contributed by atoms with Gasteiger partial charge in [0, 0.05) is 23.5 Å². The van der Waals surface area contributed by atoms with Crippen LogP contribution in [0.2, 0.25) is 0 Å². The van der Waals surface area contributed by atoms with Crippen LogP contribution in [-0.4, -0.2) is 23.3 Å². The smallest absolute Gasteiger partial charge is 0.179 e. The number of nitrogens with zero attached hydrogens (tertiary/aromatic N) is 1. The molecule has 0 aliphatic heterocycles. The number of thiophene rings is 1. The molecule has 1 aromatic carbocycles. The first kappa shape index (κ1) is 15.8. The monoisotopic (exact) mass is 309 g/mol. The van der Waals surface area contributed by atoms with E-state index in [4.69, 9.17) is 0 Å². The second kappa shape index (κ2) is 6.91. The zero-order valence-corrected chi connectivity index (χ0v) is 12.8. The molecule has 0 aliphatic carbocycles. The van der Waals surface area contributed by atoms with E-state index in [9.17, 15) is 13.6 Å². The lowest BCUT2D eigenvalue weighted by atomic mass is 10.1. The van der Waals surface area contributed by atoms with E-state index in [1.807, 2.05) is 36.3 Å². The van der Waals surface area contributed by atoms with E-state index in [0.717, 1.165) is 17.0 Å². The Bertz CT molecular complexity index is 611. The van der Waals surface area contributed by atoms with Crippen molar-refractivity contribution in [1.29, 1.82) is 0 Å². The molecule has 0 amide bonds. The highest BCUT2D eigenvalue weighted by molar-refractivity contribution is 7.09. The number of benzene rings is 1. The van der Waals surface area contributed by atoms with Crippen molar-refractivity contribution in [2.24, 2.45) is 0 Å². The van der Waals surface area contributed by atoms with Gasteiger partial charge in [-0.2, -0.15) is 0 Å². The van der Waals surface area contributed by atoms with Gasteiger partial charge in [-0.1, -0.05) is 6.07 Å². The SMILES string of the molecule is CC(C)N(CC(=O)c1ccc(F)cc1F)Cc1cccs1. The van der Waals surface area contributed by atoms with Gasteiger partial charge in [-0.15, -0.1) is 11.3 Å². The third-order valence-corrected chi connectivity index (χ3v) is 4.11. The number of carbonyl (C=O) groups is 1.